The highest BCUT2D eigenvalue weighted by Crippen LogP contribution is 2.36. The molecule has 1 atom stereocenters. The summed E-state index contributed by atoms with van der Waals surface area (Å²) in [5.74, 6) is 0. The van der Waals surface area contributed by atoms with Crippen LogP contribution in [-0.4, -0.2) is 25.3 Å². The Balaban J connectivity index is 2.13. The summed E-state index contributed by atoms with van der Waals surface area (Å²) < 4.78 is 7.24. The molecule has 1 N–H and O–H groups in total. The van der Waals surface area contributed by atoms with Gasteiger partial charge in [-0.15, -0.1) is 0 Å². The van der Waals surface area contributed by atoms with Crippen LogP contribution in [0.3, 0.4) is 0 Å². The van der Waals surface area contributed by atoms with Crippen molar-refractivity contribution in [1.82, 2.24) is 5.32 Å². The second-order valence-electron chi connectivity index (χ2n) is 5.42. The third kappa shape index (κ3) is 3.70. The molecular weight excluding hydrogens is 349 g/mol. The number of hydrogen-bond acceptors (Lipinski definition) is 2. The summed E-state index contributed by atoms with van der Waals surface area (Å²) >= 11 is 2.35. The summed E-state index contributed by atoms with van der Waals surface area (Å²) in [6, 6.07) is 9.28. The van der Waals surface area contributed by atoms with E-state index in [1.807, 2.05) is 7.11 Å². The Bertz CT molecular complexity index is 384. The van der Waals surface area contributed by atoms with E-state index in [9.17, 15) is 0 Å². The van der Waals surface area contributed by atoms with Crippen molar-refractivity contribution >= 4 is 22.6 Å². The molecule has 1 aromatic carbocycles. The van der Waals surface area contributed by atoms with Crippen molar-refractivity contribution in [3.63, 3.8) is 0 Å². The fourth-order valence-electron chi connectivity index (χ4n) is 3.22. The van der Waals surface area contributed by atoms with Crippen LogP contribution < -0.4 is 5.32 Å². The van der Waals surface area contributed by atoms with Crippen molar-refractivity contribution in [2.24, 2.45) is 0 Å². The van der Waals surface area contributed by atoms with Gasteiger partial charge in [0.15, 0.2) is 0 Å². The predicted molar refractivity (Wildman–Crippen MR) is 88.5 cm³/mol. The van der Waals surface area contributed by atoms with Crippen molar-refractivity contribution in [2.75, 3.05) is 13.7 Å². The van der Waals surface area contributed by atoms with E-state index in [0.717, 1.165) is 13.0 Å². The molecule has 1 aromatic rings. The highest BCUT2D eigenvalue weighted by atomic mass is 127. The van der Waals surface area contributed by atoms with Crippen LogP contribution >= 0.6 is 22.6 Å². The molecule has 0 bridgehead atoms. The molecule has 2 nitrogen and oxygen atoms in total. The number of nitrogens with one attached hydrogen (secondary N) is 1. The molecule has 1 unspecified atom stereocenters. The summed E-state index contributed by atoms with van der Waals surface area (Å²) in [4.78, 5) is 0. The van der Waals surface area contributed by atoms with Gasteiger partial charge in [0, 0.05) is 16.7 Å². The lowest BCUT2D eigenvalue weighted by Gasteiger charge is -2.37. The first-order valence-corrected chi connectivity index (χ1v) is 8.31. The molecule has 0 amide bonds. The number of ether oxygens (including phenoxy) is 1. The molecule has 1 saturated carbocycles. The SMILES string of the molecule is CCNC(Cc1ccc(I)cc1)C1(OC)CCCC1. The maximum absolute atomic E-state index is 5.95. The second-order valence-corrected chi connectivity index (χ2v) is 6.66. The zero-order valence-electron chi connectivity index (χ0n) is 11.9. The molecule has 0 heterocycles. The molecule has 2 rings (SSSR count). The normalized spacial score (nSPS) is 19.5. The van der Waals surface area contributed by atoms with Crippen molar-refractivity contribution in [3.8, 4) is 0 Å². The van der Waals surface area contributed by atoms with Gasteiger partial charge in [0.2, 0.25) is 0 Å². The van der Waals surface area contributed by atoms with E-state index >= 15 is 0 Å². The fourth-order valence-corrected chi connectivity index (χ4v) is 3.57. The van der Waals surface area contributed by atoms with Gasteiger partial charge in [0.25, 0.3) is 0 Å². The van der Waals surface area contributed by atoms with Gasteiger partial charge in [-0.05, 0) is 66.1 Å². The quantitative estimate of drug-likeness (QED) is 0.767. The van der Waals surface area contributed by atoms with Crippen molar-refractivity contribution in [3.05, 3.63) is 33.4 Å². The van der Waals surface area contributed by atoms with Crippen LogP contribution in [0.15, 0.2) is 24.3 Å². The standard InChI is InChI=1S/C16H24INO/c1-3-18-15(16(19-2)10-4-5-11-16)12-13-6-8-14(17)9-7-13/h6-9,15,18H,3-5,10-12H2,1-2H3. The van der Waals surface area contributed by atoms with Gasteiger partial charge in [0.1, 0.15) is 0 Å². The minimum absolute atomic E-state index is 0.0407. The summed E-state index contributed by atoms with van der Waals surface area (Å²) in [7, 11) is 1.88. The molecule has 0 spiro atoms. The van der Waals surface area contributed by atoms with Crippen LogP contribution in [0.4, 0.5) is 0 Å². The molecule has 1 fully saturated rings. The summed E-state index contributed by atoms with van der Waals surface area (Å²) in [5, 5.41) is 3.65. The zero-order chi connectivity index (χ0) is 13.7. The van der Waals surface area contributed by atoms with E-state index in [0.29, 0.717) is 6.04 Å². The summed E-state index contributed by atoms with van der Waals surface area (Å²) in [6.45, 7) is 3.18. The van der Waals surface area contributed by atoms with E-state index < -0.39 is 0 Å². The van der Waals surface area contributed by atoms with Crippen LogP contribution in [0.2, 0.25) is 0 Å². The van der Waals surface area contributed by atoms with Gasteiger partial charge in [-0.2, -0.15) is 0 Å². The van der Waals surface area contributed by atoms with E-state index in [1.165, 1.54) is 34.8 Å². The van der Waals surface area contributed by atoms with E-state index in [1.54, 1.807) is 0 Å². The lowest BCUT2D eigenvalue weighted by Crippen LogP contribution is -2.51. The smallest absolute Gasteiger partial charge is 0.0834 e. The average Bonchev–Trinajstić information content (AvgIpc) is 2.91. The molecule has 1 aliphatic rings. The van der Waals surface area contributed by atoms with Gasteiger partial charge >= 0.3 is 0 Å². The third-order valence-corrected chi connectivity index (χ3v) is 5.01. The average molecular weight is 373 g/mol. The number of halogens is 1. The van der Waals surface area contributed by atoms with Crippen molar-refractivity contribution < 1.29 is 4.74 Å². The monoisotopic (exact) mass is 373 g/mol. The minimum Gasteiger partial charge on any atom is -0.377 e. The largest absolute Gasteiger partial charge is 0.377 e. The zero-order valence-corrected chi connectivity index (χ0v) is 14.1. The highest BCUT2D eigenvalue weighted by molar-refractivity contribution is 14.1. The van der Waals surface area contributed by atoms with Crippen LogP contribution in [0.5, 0.6) is 0 Å². The predicted octanol–water partition coefficient (Wildman–Crippen LogP) is 3.77. The topological polar surface area (TPSA) is 21.3 Å². The number of hydrogen-bond donors (Lipinski definition) is 1. The van der Waals surface area contributed by atoms with Gasteiger partial charge in [-0.25, -0.2) is 0 Å². The number of rotatable bonds is 6. The van der Waals surface area contributed by atoms with Crippen LogP contribution in [0, 0.1) is 3.57 Å². The van der Waals surface area contributed by atoms with E-state index in [2.05, 4.69) is 59.1 Å². The molecule has 0 aliphatic heterocycles. The minimum atomic E-state index is 0.0407. The first kappa shape index (κ1) is 15.3. The Hall–Kier alpha value is -0.130. The lowest BCUT2D eigenvalue weighted by molar-refractivity contribution is -0.0351. The van der Waals surface area contributed by atoms with Crippen LogP contribution in [0.25, 0.3) is 0 Å². The van der Waals surface area contributed by atoms with Crippen LogP contribution in [0.1, 0.15) is 38.2 Å². The third-order valence-electron chi connectivity index (χ3n) is 4.30. The second kappa shape index (κ2) is 7.04. The highest BCUT2D eigenvalue weighted by Gasteiger charge is 2.41. The molecule has 0 saturated heterocycles. The lowest BCUT2D eigenvalue weighted by atomic mass is 9.87. The first-order chi connectivity index (χ1) is 9.20. The number of methoxy groups -OCH3 is 1. The Labute approximate surface area is 130 Å². The van der Waals surface area contributed by atoms with Gasteiger partial charge in [-0.1, -0.05) is 31.9 Å². The fraction of sp³-hybridized carbons (Fsp3) is 0.625. The number of likely N-dealkylation sites (N-methyl/N-ethyl adjacent to an activating group) is 1. The Kier molecular flexibility index (Phi) is 5.66. The van der Waals surface area contributed by atoms with Gasteiger partial charge in [0.05, 0.1) is 5.60 Å². The molecule has 3 heteroatoms. The van der Waals surface area contributed by atoms with Gasteiger partial charge in [-0.3, -0.25) is 0 Å². The molecule has 19 heavy (non-hydrogen) atoms. The maximum atomic E-state index is 5.95. The summed E-state index contributed by atoms with van der Waals surface area (Å²) in [6.07, 6.45) is 6.01. The van der Waals surface area contributed by atoms with Gasteiger partial charge < -0.3 is 10.1 Å². The van der Waals surface area contributed by atoms with E-state index in [-0.39, 0.29) is 5.60 Å². The number of benzene rings is 1. The summed E-state index contributed by atoms with van der Waals surface area (Å²) in [5.41, 5.74) is 1.44. The Morgan fingerprint density at radius 3 is 2.42 bits per heavy atom. The van der Waals surface area contributed by atoms with Crippen molar-refractivity contribution in [2.45, 2.75) is 50.7 Å². The van der Waals surface area contributed by atoms with E-state index in [4.69, 9.17) is 4.74 Å². The van der Waals surface area contributed by atoms with Crippen molar-refractivity contribution in [1.29, 1.82) is 0 Å². The molecule has 106 valence electrons. The Morgan fingerprint density at radius 1 is 1.26 bits per heavy atom. The maximum Gasteiger partial charge on any atom is 0.0834 e. The molecule has 0 aromatic heterocycles. The van der Waals surface area contributed by atoms with Crippen LogP contribution in [-0.2, 0) is 11.2 Å². The first-order valence-electron chi connectivity index (χ1n) is 7.23. The molecule has 1 aliphatic carbocycles. The molecular formula is C16H24INO. The molecule has 0 radical (unpaired) electrons. The Morgan fingerprint density at radius 2 is 1.89 bits per heavy atom.